The standard InChI is InChI=1S/C18H30N2O3SSi/c1-18(2,3)25(4,5)23-12-16-15(7-6-8-19-16)17(22)20-9-10-24-13-14(20)11-21/h6-8,14,21H,9-13H2,1-5H3. The maximum absolute atomic E-state index is 13.0. The monoisotopic (exact) mass is 382 g/mol. The molecule has 1 aromatic rings. The van der Waals surface area contributed by atoms with E-state index in [0.717, 1.165) is 11.5 Å². The highest BCUT2D eigenvalue weighted by Gasteiger charge is 2.37. The van der Waals surface area contributed by atoms with Gasteiger partial charge in [0.25, 0.3) is 5.91 Å². The molecule has 0 aromatic carbocycles. The number of aliphatic hydroxyl groups excluding tert-OH is 1. The third-order valence-electron chi connectivity index (χ3n) is 5.20. The molecule has 1 amide bonds. The molecule has 1 N–H and O–H groups in total. The number of amides is 1. The van der Waals surface area contributed by atoms with Gasteiger partial charge in [0.2, 0.25) is 0 Å². The molecule has 2 rings (SSSR count). The van der Waals surface area contributed by atoms with Gasteiger partial charge < -0.3 is 14.4 Å². The Labute approximate surface area is 156 Å². The number of rotatable bonds is 5. The van der Waals surface area contributed by atoms with Crippen LogP contribution in [0, 0.1) is 0 Å². The summed E-state index contributed by atoms with van der Waals surface area (Å²) in [5, 5.41) is 9.69. The van der Waals surface area contributed by atoms with Crippen LogP contribution >= 0.6 is 11.8 Å². The summed E-state index contributed by atoms with van der Waals surface area (Å²) in [7, 11) is -1.91. The average Bonchev–Trinajstić information content (AvgIpc) is 2.58. The van der Waals surface area contributed by atoms with Gasteiger partial charge in [-0.05, 0) is 30.3 Å². The zero-order valence-corrected chi connectivity index (χ0v) is 17.7. The van der Waals surface area contributed by atoms with Crippen molar-refractivity contribution in [3.63, 3.8) is 0 Å². The molecule has 0 aliphatic carbocycles. The van der Waals surface area contributed by atoms with Crippen LogP contribution in [0.2, 0.25) is 18.1 Å². The van der Waals surface area contributed by atoms with Crippen molar-refractivity contribution < 1.29 is 14.3 Å². The van der Waals surface area contributed by atoms with Crippen LogP contribution in [-0.2, 0) is 11.0 Å². The Bertz CT molecular complexity index is 604. The Morgan fingerprint density at radius 3 is 2.84 bits per heavy atom. The number of thioether (sulfide) groups is 1. The fourth-order valence-corrected chi connectivity index (χ4v) is 4.42. The molecule has 2 heterocycles. The van der Waals surface area contributed by atoms with Crippen LogP contribution in [0.15, 0.2) is 18.3 Å². The molecule has 1 atom stereocenters. The lowest BCUT2D eigenvalue weighted by Crippen LogP contribution is -2.48. The van der Waals surface area contributed by atoms with E-state index in [0.29, 0.717) is 24.4 Å². The Balaban J connectivity index is 2.18. The van der Waals surface area contributed by atoms with Gasteiger partial charge in [0.05, 0.1) is 30.5 Å². The summed E-state index contributed by atoms with van der Waals surface area (Å²) in [4.78, 5) is 19.2. The van der Waals surface area contributed by atoms with Gasteiger partial charge in [-0.15, -0.1) is 0 Å². The van der Waals surface area contributed by atoms with E-state index in [1.54, 1.807) is 28.9 Å². The molecule has 7 heteroatoms. The fraction of sp³-hybridized carbons (Fsp3) is 0.667. The van der Waals surface area contributed by atoms with E-state index in [9.17, 15) is 9.90 Å². The summed E-state index contributed by atoms with van der Waals surface area (Å²) in [5.74, 6) is 1.62. The van der Waals surface area contributed by atoms with Crippen LogP contribution in [0.3, 0.4) is 0 Å². The summed E-state index contributed by atoms with van der Waals surface area (Å²) < 4.78 is 6.26. The minimum Gasteiger partial charge on any atom is -0.411 e. The van der Waals surface area contributed by atoms with Crippen molar-refractivity contribution in [2.45, 2.75) is 51.6 Å². The summed E-state index contributed by atoms with van der Waals surface area (Å²) in [6.07, 6.45) is 1.71. The van der Waals surface area contributed by atoms with E-state index in [-0.39, 0.29) is 23.6 Å². The Kier molecular flexibility index (Phi) is 6.70. The molecule has 1 aliphatic rings. The zero-order chi connectivity index (χ0) is 18.7. The van der Waals surface area contributed by atoms with Gasteiger partial charge in [0, 0.05) is 24.2 Å². The average molecular weight is 383 g/mol. The maximum atomic E-state index is 13.0. The molecule has 25 heavy (non-hydrogen) atoms. The van der Waals surface area contributed by atoms with Crippen LogP contribution in [-0.4, -0.2) is 59.9 Å². The van der Waals surface area contributed by atoms with Crippen molar-refractivity contribution in [3.05, 3.63) is 29.6 Å². The quantitative estimate of drug-likeness (QED) is 0.793. The third kappa shape index (κ3) is 4.84. The lowest BCUT2D eigenvalue weighted by Gasteiger charge is -2.36. The lowest BCUT2D eigenvalue weighted by molar-refractivity contribution is 0.0628. The number of aromatic nitrogens is 1. The molecular weight excluding hydrogens is 352 g/mol. The highest BCUT2D eigenvalue weighted by molar-refractivity contribution is 7.99. The number of hydrogen-bond acceptors (Lipinski definition) is 5. The van der Waals surface area contributed by atoms with Crippen molar-refractivity contribution in [1.82, 2.24) is 9.88 Å². The van der Waals surface area contributed by atoms with Crippen LogP contribution < -0.4 is 0 Å². The van der Waals surface area contributed by atoms with Gasteiger partial charge in [-0.2, -0.15) is 11.8 Å². The number of nitrogens with zero attached hydrogens (tertiary/aromatic N) is 2. The largest absolute Gasteiger partial charge is 0.411 e. The predicted molar refractivity (Wildman–Crippen MR) is 105 cm³/mol. The highest BCUT2D eigenvalue weighted by Crippen LogP contribution is 2.37. The van der Waals surface area contributed by atoms with Crippen molar-refractivity contribution in [2.24, 2.45) is 0 Å². The molecule has 1 fully saturated rings. The second-order valence-corrected chi connectivity index (χ2v) is 13.9. The third-order valence-corrected chi connectivity index (χ3v) is 10.8. The molecule has 0 radical (unpaired) electrons. The second kappa shape index (κ2) is 8.20. The minimum absolute atomic E-state index is 0.00515. The molecule has 1 unspecified atom stereocenters. The van der Waals surface area contributed by atoms with E-state index in [4.69, 9.17) is 4.43 Å². The predicted octanol–water partition coefficient (Wildman–Crippen LogP) is 3.15. The van der Waals surface area contributed by atoms with Gasteiger partial charge >= 0.3 is 0 Å². The van der Waals surface area contributed by atoms with E-state index in [1.165, 1.54) is 0 Å². The number of carbonyl (C=O) groups is 1. The van der Waals surface area contributed by atoms with Crippen molar-refractivity contribution >= 4 is 26.0 Å². The summed E-state index contributed by atoms with van der Waals surface area (Å²) in [5.41, 5.74) is 1.28. The molecule has 1 saturated heterocycles. The number of aliphatic hydroxyl groups is 1. The number of pyridine rings is 1. The molecule has 140 valence electrons. The van der Waals surface area contributed by atoms with Crippen molar-refractivity contribution in [1.29, 1.82) is 0 Å². The second-order valence-electron chi connectivity index (χ2n) is 7.96. The molecule has 0 bridgehead atoms. The van der Waals surface area contributed by atoms with Crippen LogP contribution in [0.25, 0.3) is 0 Å². The zero-order valence-electron chi connectivity index (χ0n) is 15.9. The topological polar surface area (TPSA) is 62.7 Å². The molecular formula is C18H30N2O3SSi. The molecule has 5 nitrogen and oxygen atoms in total. The van der Waals surface area contributed by atoms with E-state index in [1.807, 2.05) is 6.07 Å². The first-order chi connectivity index (χ1) is 11.7. The van der Waals surface area contributed by atoms with Crippen molar-refractivity contribution in [3.8, 4) is 0 Å². The van der Waals surface area contributed by atoms with E-state index < -0.39 is 8.32 Å². The highest BCUT2D eigenvalue weighted by atomic mass is 32.2. The first-order valence-corrected chi connectivity index (χ1v) is 12.8. The Hall–Kier alpha value is -0.893. The van der Waals surface area contributed by atoms with Crippen LogP contribution in [0.4, 0.5) is 0 Å². The number of carbonyl (C=O) groups excluding carboxylic acids is 1. The van der Waals surface area contributed by atoms with E-state index >= 15 is 0 Å². The smallest absolute Gasteiger partial charge is 0.256 e. The van der Waals surface area contributed by atoms with Crippen molar-refractivity contribution in [2.75, 3.05) is 24.7 Å². The van der Waals surface area contributed by atoms with Gasteiger partial charge in [-0.1, -0.05) is 20.8 Å². The molecule has 1 aromatic heterocycles. The van der Waals surface area contributed by atoms with Crippen LogP contribution in [0.1, 0.15) is 36.8 Å². The minimum atomic E-state index is -1.91. The normalized spacial score (nSPS) is 19.1. The van der Waals surface area contributed by atoms with Gasteiger partial charge in [-0.25, -0.2) is 0 Å². The Morgan fingerprint density at radius 1 is 1.48 bits per heavy atom. The van der Waals surface area contributed by atoms with Gasteiger partial charge in [0.1, 0.15) is 0 Å². The maximum Gasteiger partial charge on any atom is 0.256 e. The Morgan fingerprint density at radius 2 is 2.20 bits per heavy atom. The SMILES string of the molecule is CC(C)(C)[Si](C)(C)OCc1ncccc1C(=O)N1CCSCC1CO. The lowest BCUT2D eigenvalue weighted by atomic mass is 10.1. The number of hydrogen-bond donors (Lipinski definition) is 1. The molecule has 1 aliphatic heterocycles. The summed E-state index contributed by atoms with van der Waals surface area (Å²) in [6, 6.07) is 3.48. The van der Waals surface area contributed by atoms with Gasteiger partial charge in [0.15, 0.2) is 8.32 Å². The van der Waals surface area contributed by atoms with Crippen LogP contribution in [0.5, 0.6) is 0 Å². The fourth-order valence-electron chi connectivity index (χ4n) is 2.44. The first kappa shape index (κ1) is 20.4. The first-order valence-electron chi connectivity index (χ1n) is 8.75. The summed E-state index contributed by atoms with van der Waals surface area (Å²) in [6.45, 7) is 12.0. The van der Waals surface area contributed by atoms with E-state index in [2.05, 4.69) is 38.8 Å². The molecule has 0 spiro atoms. The molecule has 0 saturated carbocycles. The van der Waals surface area contributed by atoms with Gasteiger partial charge in [-0.3, -0.25) is 9.78 Å². The summed E-state index contributed by atoms with van der Waals surface area (Å²) >= 11 is 1.78.